The number of halogens is 1. The zero-order valence-corrected chi connectivity index (χ0v) is 16.5. The molecule has 2 aromatic heterocycles. The molecule has 0 radical (unpaired) electrons. The summed E-state index contributed by atoms with van der Waals surface area (Å²) in [5, 5.41) is 1.19. The van der Waals surface area contributed by atoms with Crippen molar-refractivity contribution in [2.75, 3.05) is 7.11 Å². The molecule has 3 aromatic rings. The van der Waals surface area contributed by atoms with Crippen LogP contribution >= 0.6 is 35.6 Å². The molecule has 4 rings (SSSR count). The topological polar surface area (TPSA) is 55.6 Å². The number of rotatable bonds is 4. The van der Waals surface area contributed by atoms with E-state index < -0.39 is 0 Å². The summed E-state index contributed by atoms with van der Waals surface area (Å²) in [7, 11) is 1.61. The maximum Gasteiger partial charge on any atom is 0.266 e. The van der Waals surface area contributed by atoms with Crippen molar-refractivity contribution < 1.29 is 13.9 Å². The van der Waals surface area contributed by atoms with Crippen LogP contribution in [0, 0.1) is 0 Å². The van der Waals surface area contributed by atoms with Crippen LogP contribution in [-0.4, -0.2) is 27.2 Å². The van der Waals surface area contributed by atoms with E-state index in [1.807, 2.05) is 24.3 Å². The number of benzene rings is 1. The fraction of sp³-hybridized carbons (Fsp3) is 0.105. The maximum absolute atomic E-state index is 12.7. The van der Waals surface area contributed by atoms with E-state index >= 15 is 0 Å². The van der Waals surface area contributed by atoms with Crippen LogP contribution in [0.1, 0.15) is 11.3 Å². The van der Waals surface area contributed by atoms with Crippen LogP contribution in [0.2, 0.25) is 5.15 Å². The number of amides is 1. The molecular weight excluding hydrogens is 404 g/mol. The van der Waals surface area contributed by atoms with E-state index in [1.54, 1.807) is 31.6 Å². The third kappa shape index (κ3) is 3.58. The van der Waals surface area contributed by atoms with Crippen molar-refractivity contribution in [2.45, 2.75) is 6.54 Å². The number of ether oxygens (including phenoxy) is 1. The quantitative estimate of drug-likeness (QED) is 0.343. The van der Waals surface area contributed by atoms with E-state index in [0.717, 1.165) is 16.7 Å². The van der Waals surface area contributed by atoms with Crippen LogP contribution < -0.4 is 4.74 Å². The Morgan fingerprint density at radius 2 is 2.22 bits per heavy atom. The lowest BCUT2D eigenvalue weighted by atomic mass is 10.1. The van der Waals surface area contributed by atoms with E-state index in [9.17, 15) is 4.79 Å². The van der Waals surface area contributed by atoms with Gasteiger partial charge in [-0.15, -0.1) is 0 Å². The molecule has 1 aliphatic rings. The van der Waals surface area contributed by atoms with Crippen LogP contribution in [0.4, 0.5) is 0 Å². The number of thioether (sulfide) groups is 1. The third-order valence-corrected chi connectivity index (χ3v) is 5.74. The molecular formula is C19H13ClN2O3S2. The number of carbonyl (C=O) groups excluding carboxylic acids is 1. The molecule has 1 fully saturated rings. The monoisotopic (exact) mass is 416 g/mol. The predicted molar refractivity (Wildman–Crippen MR) is 111 cm³/mol. The molecule has 136 valence electrons. The molecule has 5 nitrogen and oxygen atoms in total. The van der Waals surface area contributed by atoms with Crippen molar-refractivity contribution in [2.24, 2.45) is 0 Å². The number of thiocarbonyl (C=S) groups is 1. The number of aromatic nitrogens is 1. The molecule has 0 spiro atoms. The molecule has 0 unspecified atom stereocenters. The fourth-order valence-corrected chi connectivity index (χ4v) is 4.16. The average molecular weight is 417 g/mol. The number of carbonyl (C=O) groups is 1. The van der Waals surface area contributed by atoms with Crippen molar-refractivity contribution >= 4 is 62.8 Å². The summed E-state index contributed by atoms with van der Waals surface area (Å²) in [6, 6.07) is 11.0. The highest BCUT2D eigenvalue weighted by atomic mass is 35.5. The van der Waals surface area contributed by atoms with Gasteiger partial charge in [0, 0.05) is 10.9 Å². The molecule has 1 aromatic carbocycles. The van der Waals surface area contributed by atoms with E-state index in [1.165, 1.54) is 16.7 Å². The molecule has 3 heterocycles. The SMILES string of the molecule is COc1ccc2nc(Cl)c(/C=C3/SC(=S)N(Cc4ccco4)C3=O)cc2c1. The normalized spacial score (nSPS) is 15.9. The Morgan fingerprint density at radius 1 is 1.37 bits per heavy atom. The summed E-state index contributed by atoms with van der Waals surface area (Å²) in [6.07, 6.45) is 3.29. The largest absolute Gasteiger partial charge is 0.497 e. The van der Waals surface area contributed by atoms with Gasteiger partial charge in [0.2, 0.25) is 0 Å². The second-order valence-corrected chi connectivity index (χ2v) is 7.81. The zero-order chi connectivity index (χ0) is 19.0. The molecule has 1 amide bonds. The summed E-state index contributed by atoms with van der Waals surface area (Å²) < 4.78 is 11.0. The number of pyridine rings is 1. The number of hydrogen-bond donors (Lipinski definition) is 0. The van der Waals surface area contributed by atoms with Gasteiger partial charge in [-0.3, -0.25) is 9.69 Å². The minimum Gasteiger partial charge on any atom is -0.497 e. The van der Waals surface area contributed by atoms with E-state index in [0.29, 0.717) is 32.2 Å². The lowest BCUT2D eigenvalue weighted by molar-refractivity contribution is -0.122. The minimum absolute atomic E-state index is 0.178. The summed E-state index contributed by atoms with van der Waals surface area (Å²) in [6.45, 7) is 0.301. The van der Waals surface area contributed by atoms with Gasteiger partial charge in [0.15, 0.2) is 0 Å². The Labute approximate surface area is 169 Å². The first kappa shape index (κ1) is 18.0. The lowest BCUT2D eigenvalue weighted by Crippen LogP contribution is -2.27. The highest BCUT2D eigenvalue weighted by Gasteiger charge is 2.32. The van der Waals surface area contributed by atoms with Crippen molar-refractivity contribution in [1.29, 1.82) is 0 Å². The highest BCUT2D eigenvalue weighted by Crippen LogP contribution is 2.35. The van der Waals surface area contributed by atoms with E-state index in [-0.39, 0.29) is 5.91 Å². The zero-order valence-electron chi connectivity index (χ0n) is 14.1. The fourth-order valence-electron chi connectivity index (χ4n) is 2.71. The van der Waals surface area contributed by atoms with Gasteiger partial charge >= 0.3 is 0 Å². The Bertz CT molecular complexity index is 1080. The van der Waals surface area contributed by atoms with Gasteiger partial charge in [-0.25, -0.2) is 4.98 Å². The summed E-state index contributed by atoms with van der Waals surface area (Å²) in [4.78, 5) is 19.2. The smallest absolute Gasteiger partial charge is 0.266 e. The number of nitrogens with zero attached hydrogens (tertiary/aromatic N) is 2. The summed E-state index contributed by atoms with van der Waals surface area (Å²) in [5.74, 6) is 1.22. The summed E-state index contributed by atoms with van der Waals surface area (Å²) >= 11 is 12.9. The third-order valence-electron chi connectivity index (χ3n) is 4.06. The number of methoxy groups -OCH3 is 1. The van der Waals surface area contributed by atoms with Gasteiger partial charge in [-0.1, -0.05) is 35.6 Å². The molecule has 1 saturated heterocycles. The van der Waals surface area contributed by atoms with Crippen LogP contribution in [0.15, 0.2) is 52.0 Å². The second-order valence-electron chi connectivity index (χ2n) is 5.77. The number of fused-ring (bicyclic) bond motifs is 1. The molecule has 0 aliphatic carbocycles. The molecule has 27 heavy (non-hydrogen) atoms. The average Bonchev–Trinajstić information content (AvgIpc) is 3.26. The Balaban J connectivity index is 1.67. The molecule has 0 bridgehead atoms. The van der Waals surface area contributed by atoms with Gasteiger partial charge in [0.1, 0.15) is 21.0 Å². The Morgan fingerprint density at radius 3 is 2.96 bits per heavy atom. The first-order valence-corrected chi connectivity index (χ1v) is 9.57. The maximum atomic E-state index is 12.7. The second kappa shape index (κ2) is 7.34. The Hall–Kier alpha value is -2.35. The molecule has 1 aliphatic heterocycles. The minimum atomic E-state index is -0.178. The number of hydrogen-bond acceptors (Lipinski definition) is 6. The van der Waals surface area contributed by atoms with Crippen LogP contribution in [0.3, 0.4) is 0 Å². The molecule has 8 heteroatoms. The van der Waals surface area contributed by atoms with Gasteiger partial charge in [0.05, 0.1) is 30.3 Å². The first-order chi connectivity index (χ1) is 13.0. The highest BCUT2D eigenvalue weighted by molar-refractivity contribution is 8.26. The lowest BCUT2D eigenvalue weighted by Gasteiger charge is -2.12. The van der Waals surface area contributed by atoms with Gasteiger partial charge < -0.3 is 9.15 Å². The van der Waals surface area contributed by atoms with Crippen LogP contribution in [0.25, 0.3) is 17.0 Å². The number of furan rings is 1. The standard InChI is InChI=1S/C19H13ClN2O3S2/c1-24-13-4-5-15-11(8-13)7-12(17(20)21-15)9-16-18(23)22(19(26)27-16)10-14-3-2-6-25-14/h2-9H,10H2,1H3/b16-9+. The van der Waals surface area contributed by atoms with E-state index in [2.05, 4.69) is 4.98 Å². The van der Waals surface area contributed by atoms with Gasteiger partial charge in [-0.05, 0) is 42.5 Å². The van der Waals surface area contributed by atoms with Gasteiger partial charge in [0.25, 0.3) is 5.91 Å². The van der Waals surface area contributed by atoms with Crippen molar-refractivity contribution in [1.82, 2.24) is 9.88 Å². The van der Waals surface area contributed by atoms with Crippen LogP contribution in [0.5, 0.6) is 5.75 Å². The van der Waals surface area contributed by atoms with Crippen molar-refractivity contribution in [3.05, 3.63) is 64.0 Å². The van der Waals surface area contributed by atoms with Crippen LogP contribution in [-0.2, 0) is 11.3 Å². The predicted octanol–water partition coefficient (Wildman–Crippen LogP) is 4.89. The van der Waals surface area contributed by atoms with Crippen molar-refractivity contribution in [3.63, 3.8) is 0 Å². The molecule has 0 saturated carbocycles. The first-order valence-electron chi connectivity index (χ1n) is 7.97. The summed E-state index contributed by atoms with van der Waals surface area (Å²) in [5.41, 5.74) is 1.40. The van der Waals surface area contributed by atoms with E-state index in [4.69, 9.17) is 33.0 Å². The van der Waals surface area contributed by atoms with Gasteiger partial charge in [-0.2, -0.15) is 0 Å². The molecule has 0 N–H and O–H groups in total. The Kier molecular flexibility index (Phi) is 4.90. The van der Waals surface area contributed by atoms with Crippen molar-refractivity contribution in [3.8, 4) is 5.75 Å². The molecule has 0 atom stereocenters.